The van der Waals surface area contributed by atoms with Crippen molar-refractivity contribution in [3.63, 3.8) is 0 Å². The third-order valence-electron chi connectivity index (χ3n) is 4.29. The summed E-state index contributed by atoms with van der Waals surface area (Å²) in [6.07, 6.45) is 1.92. The molecular formula is C18H19N3O3S2. The highest BCUT2D eigenvalue weighted by atomic mass is 32.2. The van der Waals surface area contributed by atoms with Crippen molar-refractivity contribution in [3.05, 3.63) is 52.2 Å². The molecule has 0 spiro atoms. The molecule has 1 aromatic heterocycles. The van der Waals surface area contributed by atoms with E-state index in [1.807, 2.05) is 22.9 Å². The van der Waals surface area contributed by atoms with Crippen molar-refractivity contribution in [3.8, 4) is 6.07 Å². The lowest BCUT2D eigenvalue weighted by molar-refractivity contribution is -0.132. The van der Waals surface area contributed by atoms with E-state index < -0.39 is 10.0 Å². The molecular weight excluding hydrogens is 370 g/mol. The molecule has 1 aliphatic carbocycles. The summed E-state index contributed by atoms with van der Waals surface area (Å²) < 4.78 is 26.4. The van der Waals surface area contributed by atoms with Crippen LogP contribution in [-0.4, -0.2) is 43.2 Å². The summed E-state index contributed by atoms with van der Waals surface area (Å²) in [7, 11) is -2.38. The van der Waals surface area contributed by atoms with Crippen LogP contribution >= 0.6 is 11.3 Å². The van der Waals surface area contributed by atoms with Crippen LogP contribution in [0, 0.1) is 11.3 Å². The van der Waals surface area contributed by atoms with Gasteiger partial charge in [0.2, 0.25) is 15.9 Å². The molecule has 0 bridgehead atoms. The number of rotatable bonds is 7. The first-order valence-corrected chi connectivity index (χ1v) is 10.6. The van der Waals surface area contributed by atoms with Crippen molar-refractivity contribution in [2.75, 3.05) is 13.6 Å². The van der Waals surface area contributed by atoms with Gasteiger partial charge in [0.25, 0.3) is 0 Å². The summed E-state index contributed by atoms with van der Waals surface area (Å²) >= 11 is 1.58. The predicted octanol–water partition coefficient (Wildman–Crippen LogP) is 2.43. The Labute approximate surface area is 157 Å². The molecule has 1 aliphatic rings. The van der Waals surface area contributed by atoms with E-state index in [1.165, 1.54) is 31.3 Å². The Balaban J connectivity index is 1.71. The van der Waals surface area contributed by atoms with Crippen LogP contribution < -0.4 is 0 Å². The molecule has 1 amide bonds. The zero-order chi connectivity index (χ0) is 18.7. The van der Waals surface area contributed by atoms with Crippen LogP contribution in [0.3, 0.4) is 0 Å². The van der Waals surface area contributed by atoms with Crippen LogP contribution in [0.25, 0.3) is 0 Å². The Morgan fingerprint density at radius 2 is 1.96 bits per heavy atom. The molecule has 0 unspecified atom stereocenters. The number of thiophene rings is 1. The molecule has 0 aliphatic heterocycles. The van der Waals surface area contributed by atoms with Crippen LogP contribution in [0.2, 0.25) is 0 Å². The monoisotopic (exact) mass is 389 g/mol. The maximum atomic E-state index is 12.7. The molecule has 26 heavy (non-hydrogen) atoms. The van der Waals surface area contributed by atoms with E-state index in [9.17, 15) is 13.2 Å². The minimum atomic E-state index is -3.78. The standard InChI is InChI=1S/C18H19N3O3S2/c1-20(26(23,24)17-6-2-14(10-19)3-7-17)12-18(22)21(16-4-5-16)11-15-8-9-25-13-15/h2-3,6-9,13,16H,4-5,11-12H2,1H3. The van der Waals surface area contributed by atoms with Crippen molar-refractivity contribution >= 4 is 27.3 Å². The molecule has 0 N–H and O–H groups in total. The third-order valence-corrected chi connectivity index (χ3v) is 6.84. The van der Waals surface area contributed by atoms with Gasteiger partial charge in [-0.15, -0.1) is 0 Å². The minimum absolute atomic E-state index is 0.0719. The molecule has 3 rings (SSSR count). The molecule has 2 aromatic rings. The van der Waals surface area contributed by atoms with Crippen LogP contribution in [0.5, 0.6) is 0 Å². The Kier molecular flexibility index (Phi) is 5.41. The predicted molar refractivity (Wildman–Crippen MR) is 98.9 cm³/mol. The highest BCUT2D eigenvalue weighted by Gasteiger charge is 2.34. The number of benzene rings is 1. The average Bonchev–Trinajstić information content (AvgIpc) is 3.35. The summed E-state index contributed by atoms with van der Waals surface area (Å²) in [4.78, 5) is 14.6. The van der Waals surface area contributed by atoms with Crippen LogP contribution in [-0.2, 0) is 21.4 Å². The molecule has 0 saturated heterocycles. The molecule has 1 heterocycles. The lowest BCUT2D eigenvalue weighted by atomic mass is 10.2. The lowest BCUT2D eigenvalue weighted by Crippen LogP contribution is -2.41. The van der Waals surface area contributed by atoms with Gasteiger partial charge in [0, 0.05) is 19.6 Å². The van der Waals surface area contributed by atoms with Gasteiger partial charge in [0.05, 0.1) is 23.1 Å². The number of hydrogen-bond acceptors (Lipinski definition) is 5. The third kappa shape index (κ3) is 4.12. The first kappa shape index (κ1) is 18.6. The molecule has 1 aromatic carbocycles. The van der Waals surface area contributed by atoms with Gasteiger partial charge in [-0.1, -0.05) is 0 Å². The molecule has 1 saturated carbocycles. The number of amides is 1. The van der Waals surface area contributed by atoms with E-state index >= 15 is 0 Å². The van der Waals surface area contributed by atoms with Gasteiger partial charge in [-0.25, -0.2) is 8.42 Å². The molecule has 1 fully saturated rings. The van der Waals surface area contributed by atoms with Gasteiger partial charge in [-0.3, -0.25) is 4.79 Å². The fourth-order valence-electron chi connectivity index (χ4n) is 2.63. The second-order valence-electron chi connectivity index (χ2n) is 6.28. The van der Waals surface area contributed by atoms with E-state index in [2.05, 4.69) is 0 Å². The second-order valence-corrected chi connectivity index (χ2v) is 9.11. The largest absolute Gasteiger partial charge is 0.334 e. The van der Waals surface area contributed by atoms with Crippen molar-refractivity contribution in [1.29, 1.82) is 5.26 Å². The Hall–Kier alpha value is -2.21. The summed E-state index contributed by atoms with van der Waals surface area (Å²) in [6, 6.07) is 9.82. The summed E-state index contributed by atoms with van der Waals surface area (Å²) in [5.41, 5.74) is 1.45. The van der Waals surface area contributed by atoms with Crippen LogP contribution in [0.15, 0.2) is 46.0 Å². The van der Waals surface area contributed by atoms with Gasteiger partial charge in [0.15, 0.2) is 0 Å². The average molecular weight is 390 g/mol. The quantitative estimate of drug-likeness (QED) is 0.728. The molecule has 0 atom stereocenters. The van der Waals surface area contributed by atoms with Crippen molar-refractivity contribution in [2.45, 2.75) is 30.3 Å². The van der Waals surface area contributed by atoms with Crippen LogP contribution in [0.1, 0.15) is 24.0 Å². The molecule has 8 heteroatoms. The van der Waals surface area contributed by atoms with Crippen LogP contribution in [0.4, 0.5) is 0 Å². The first-order chi connectivity index (χ1) is 12.4. The lowest BCUT2D eigenvalue weighted by Gasteiger charge is -2.25. The first-order valence-electron chi connectivity index (χ1n) is 8.19. The maximum Gasteiger partial charge on any atom is 0.243 e. The van der Waals surface area contributed by atoms with E-state index in [0.717, 1.165) is 22.7 Å². The van der Waals surface area contributed by atoms with E-state index in [-0.39, 0.29) is 23.4 Å². The number of carbonyl (C=O) groups excluding carboxylic acids is 1. The summed E-state index contributed by atoms with van der Waals surface area (Å²) in [5.74, 6) is -0.196. The van der Waals surface area contributed by atoms with Crippen molar-refractivity contribution < 1.29 is 13.2 Å². The van der Waals surface area contributed by atoms with Gasteiger partial charge in [-0.05, 0) is 59.5 Å². The normalized spacial score (nSPS) is 14.2. The fourth-order valence-corrected chi connectivity index (χ4v) is 4.41. The molecule has 0 radical (unpaired) electrons. The Bertz CT molecular complexity index is 912. The van der Waals surface area contributed by atoms with Gasteiger partial charge >= 0.3 is 0 Å². The van der Waals surface area contributed by atoms with Gasteiger partial charge < -0.3 is 4.90 Å². The summed E-state index contributed by atoms with van der Waals surface area (Å²) in [5, 5.41) is 12.8. The van der Waals surface area contributed by atoms with E-state index in [0.29, 0.717) is 12.1 Å². The molecule has 6 nitrogen and oxygen atoms in total. The van der Waals surface area contributed by atoms with E-state index in [1.54, 1.807) is 16.2 Å². The number of carbonyl (C=O) groups is 1. The topological polar surface area (TPSA) is 81.5 Å². The number of sulfonamides is 1. The SMILES string of the molecule is CN(CC(=O)N(Cc1ccsc1)C1CC1)S(=O)(=O)c1ccc(C#N)cc1. The number of likely N-dealkylation sites (N-methyl/N-ethyl adjacent to an activating group) is 1. The number of nitrogens with zero attached hydrogens (tertiary/aromatic N) is 3. The smallest absolute Gasteiger partial charge is 0.243 e. The number of nitriles is 1. The molecule has 136 valence electrons. The van der Waals surface area contributed by atoms with Gasteiger partial charge in [0.1, 0.15) is 0 Å². The zero-order valence-electron chi connectivity index (χ0n) is 14.3. The Morgan fingerprint density at radius 3 is 2.50 bits per heavy atom. The van der Waals surface area contributed by atoms with Crippen molar-refractivity contribution in [1.82, 2.24) is 9.21 Å². The number of hydrogen-bond donors (Lipinski definition) is 0. The zero-order valence-corrected chi connectivity index (χ0v) is 16.0. The fraction of sp³-hybridized carbons (Fsp3) is 0.333. The highest BCUT2D eigenvalue weighted by Crippen LogP contribution is 2.29. The van der Waals surface area contributed by atoms with Crippen molar-refractivity contribution in [2.24, 2.45) is 0 Å². The highest BCUT2D eigenvalue weighted by molar-refractivity contribution is 7.89. The second kappa shape index (κ2) is 7.58. The van der Waals surface area contributed by atoms with Gasteiger partial charge in [-0.2, -0.15) is 20.9 Å². The summed E-state index contributed by atoms with van der Waals surface area (Å²) in [6.45, 7) is 0.306. The Morgan fingerprint density at radius 1 is 1.27 bits per heavy atom. The van der Waals surface area contributed by atoms with E-state index in [4.69, 9.17) is 5.26 Å². The maximum absolute atomic E-state index is 12.7. The minimum Gasteiger partial charge on any atom is -0.334 e.